The van der Waals surface area contributed by atoms with Gasteiger partial charge in [0.25, 0.3) is 0 Å². The lowest BCUT2D eigenvalue weighted by atomic mass is 10.1. The van der Waals surface area contributed by atoms with Gasteiger partial charge in [0, 0.05) is 28.3 Å². The molecule has 0 heterocycles. The highest BCUT2D eigenvalue weighted by atomic mass is 79.9. The maximum atomic E-state index is 13.8. The highest BCUT2D eigenvalue weighted by molar-refractivity contribution is 9.10. The minimum absolute atomic E-state index is 0.00333. The summed E-state index contributed by atoms with van der Waals surface area (Å²) in [5.74, 6) is -0.166. The topological polar surface area (TPSA) is 29.3 Å². The molecule has 2 aromatic carbocycles. The highest BCUT2D eigenvalue weighted by Crippen LogP contribution is 2.25. The van der Waals surface area contributed by atoms with E-state index in [-0.39, 0.29) is 11.9 Å². The quantitative estimate of drug-likeness (QED) is 0.840. The first kappa shape index (κ1) is 15.0. The minimum atomic E-state index is -0.166. The number of nitrogen functional groups attached to an aromatic ring is 1. The van der Waals surface area contributed by atoms with Crippen LogP contribution in [0.3, 0.4) is 0 Å². The summed E-state index contributed by atoms with van der Waals surface area (Å²) in [6.07, 6.45) is 0. The fourth-order valence-corrected chi connectivity index (χ4v) is 2.80. The van der Waals surface area contributed by atoms with Crippen molar-refractivity contribution in [1.82, 2.24) is 4.90 Å². The Kier molecular flexibility index (Phi) is 4.78. The molecule has 0 fully saturated rings. The third-order valence-corrected chi connectivity index (χ3v) is 3.89. The molecule has 2 aromatic rings. The summed E-state index contributed by atoms with van der Waals surface area (Å²) in [5.41, 5.74) is 8.37. The fraction of sp³-hybridized carbons (Fsp3) is 0.250. The predicted molar refractivity (Wildman–Crippen MR) is 84.8 cm³/mol. The molecule has 0 spiro atoms. The second-order valence-corrected chi connectivity index (χ2v) is 5.92. The molecule has 0 aliphatic carbocycles. The van der Waals surface area contributed by atoms with Crippen LogP contribution in [0.4, 0.5) is 10.1 Å². The van der Waals surface area contributed by atoms with E-state index in [0.29, 0.717) is 12.1 Å². The Labute approximate surface area is 127 Å². The van der Waals surface area contributed by atoms with Crippen molar-refractivity contribution >= 4 is 21.6 Å². The smallest absolute Gasteiger partial charge is 0.127 e. The van der Waals surface area contributed by atoms with Gasteiger partial charge in [0.1, 0.15) is 5.82 Å². The summed E-state index contributed by atoms with van der Waals surface area (Å²) in [5, 5.41) is 0. The van der Waals surface area contributed by atoms with Crippen molar-refractivity contribution < 1.29 is 4.39 Å². The van der Waals surface area contributed by atoms with Crippen LogP contribution in [0.25, 0.3) is 0 Å². The van der Waals surface area contributed by atoms with Crippen LogP contribution in [0.5, 0.6) is 0 Å². The van der Waals surface area contributed by atoms with Gasteiger partial charge in [-0.15, -0.1) is 0 Å². The number of anilines is 1. The van der Waals surface area contributed by atoms with Crippen molar-refractivity contribution in [3.63, 3.8) is 0 Å². The molecule has 0 aliphatic heterocycles. The summed E-state index contributed by atoms with van der Waals surface area (Å²) in [4.78, 5) is 2.10. The van der Waals surface area contributed by atoms with E-state index in [9.17, 15) is 4.39 Å². The Bertz CT molecular complexity index is 581. The molecule has 106 valence electrons. The Hall–Kier alpha value is -1.39. The lowest BCUT2D eigenvalue weighted by Gasteiger charge is -2.25. The maximum Gasteiger partial charge on any atom is 0.127 e. The number of nitrogens with zero attached hydrogens (tertiary/aromatic N) is 1. The summed E-state index contributed by atoms with van der Waals surface area (Å²) in [6.45, 7) is 2.71. The van der Waals surface area contributed by atoms with Crippen LogP contribution < -0.4 is 5.73 Å². The van der Waals surface area contributed by atoms with Crippen molar-refractivity contribution in [1.29, 1.82) is 0 Å². The average Bonchev–Trinajstić information content (AvgIpc) is 2.37. The fourth-order valence-electron chi connectivity index (χ4n) is 2.24. The van der Waals surface area contributed by atoms with Crippen molar-refractivity contribution in [3.05, 3.63) is 63.9 Å². The van der Waals surface area contributed by atoms with E-state index in [1.54, 1.807) is 6.07 Å². The minimum Gasteiger partial charge on any atom is -0.399 e. The Morgan fingerprint density at radius 3 is 2.60 bits per heavy atom. The monoisotopic (exact) mass is 336 g/mol. The first-order valence-electron chi connectivity index (χ1n) is 6.47. The molecule has 0 amide bonds. The van der Waals surface area contributed by atoms with Crippen molar-refractivity contribution in [2.24, 2.45) is 0 Å². The molecule has 2 N–H and O–H groups in total. The molecule has 1 unspecified atom stereocenters. The van der Waals surface area contributed by atoms with Crippen LogP contribution in [-0.2, 0) is 6.54 Å². The van der Waals surface area contributed by atoms with Crippen molar-refractivity contribution in [3.8, 4) is 0 Å². The van der Waals surface area contributed by atoms with Gasteiger partial charge in [-0.3, -0.25) is 4.90 Å². The van der Waals surface area contributed by atoms with E-state index in [2.05, 4.69) is 20.8 Å². The Morgan fingerprint density at radius 2 is 1.95 bits per heavy atom. The molecule has 0 saturated carbocycles. The molecule has 0 radical (unpaired) electrons. The summed E-state index contributed by atoms with van der Waals surface area (Å²) in [7, 11) is 1.98. The van der Waals surface area contributed by atoms with Gasteiger partial charge in [-0.25, -0.2) is 4.39 Å². The van der Waals surface area contributed by atoms with Gasteiger partial charge in [0.2, 0.25) is 0 Å². The predicted octanol–water partition coefficient (Wildman–Crippen LogP) is 4.36. The second-order valence-electron chi connectivity index (χ2n) is 5.01. The zero-order valence-electron chi connectivity index (χ0n) is 11.6. The van der Waals surface area contributed by atoms with Gasteiger partial charge < -0.3 is 5.73 Å². The van der Waals surface area contributed by atoms with E-state index in [4.69, 9.17) is 5.73 Å². The molecule has 0 aromatic heterocycles. The summed E-state index contributed by atoms with van der Waals surface area (Å²) in [6, 6.07) is 12.7. The normalized spacial score (nSPS) is 12.7. The second kappa shape index (κ2) is 6.37. The third-order valence-electron chi connectivity index (χ3n) is 3.43. The number of rotatable bonds is 4. The number of hydrogen-bond acceptors (Lipinski definition) is 2. The molecule has 2 rings (SSSR count). The first-order chi connectivity index (χ1) is 9.47. The van der Waals surface area contributed by atoms with Crippen LogP contribution >= 0.6 is 15.9 Å². The lowest BCUT2D eigenvalue weighted by Crippen LogP contribution is -2.22. The van der Waals surface area contributed by atoms with E-state index in [1.165, 1.54) is 6.07 Å². The Morgan fingerprint density at radius 1 is 1.25 bits per heavy atom. The van der Waals surface area contributed by atoms with E-state index in [1.807, 2.05) is 44.3 Å². The van der Waals surface area contributed by atoms with Crippen LogP contribution in [0, 0.1) is 5.82 Å². The van der Waals surface area contributed by atoms with Gasteiger partial charge in [0.05, 0.1) is 0 Å². The molecule has 0 saturated heterocycles. The largest absolute Gasteiger partial charge is 0.399 e. The number of hydrogen-bond donors (Lipinski definition) is 1. The molecule has 20 heavy (non-hydrogen) atoms. The van der Waals surface area contributed by atoms with Crippen molar-refractivity contribution in [2.75, 3.05) is 12.8 Å². The average molecular weight is 337 g/mol. The number of benzene rings is 2. The van der Waals surface area contributed by atoms with Crippen LogP contribution in [0.15, 0.2) is 46.9 Å². The maximum absolute atomic E-state index is 13.8. The molecule has 0 aliphatic rings. The van der Waals surface area contributed by atoms with Gasteiger partial charge >= 0.3 is 0 Å². The molecular formula is C16H18BrFN2. The van der Waals surface area contributed by atoms with Crippen LogP contribution in [0.2, 0.25) is 0 Å². The summed E-state index contributed by atoms with van der Waals surface area (Å²) >= 11 is 3.44. The van der Waals surface area contributed by atoms with Gasteiger partial charge in [-0.1, -0.05) is 34.1 Å². The van der Waals surface area contributed by atoms with E-state index < -0.39 is 0 Å². The van der Waals surface area contributed by atoms with E-state index in [0.717, 1.165) is 15.7 Å². The number of halogens is 2. The zero-order chi connectivity index (χ0) is 14.7. The zero-order valence-corrected chi connectivity index (χ0v) is 13.2. The molecular weight excluding hydrogens is 319 g/mol. The van der Waals surface area contributed by atoms with Crippen LogP contribution in [-0.4, -0.2) is 11.9 Å². The van der Waals surface area contributed by atoms with Gasteiger partial charge in [-0.05, 0) is 43.8 Å². The first-order valence-corrected chi connectivity index (χ1v) is 7.26. The molecule has 4 heteroatoms. The van der Waals surface area contributed by atoms with E-state index >= 15 is 0 Å². The molecule has 1 atom stereocenters. The molecule has 0 bridgehead atoms. The highest BCUT2D eigenvalue weighted by Gasteiger charge is 2.15. The van der Waals surface area contributed by atoms with Gasteiger partial charge in [-0.2, -0.15) is 0 Å². The lowest BCUT2D eigenvalue weighted by molar-refractivity contribution is 0.248. The Balaban J connectivity index is 2.15. The van der Waals surface area contributed by atoms with Gasteiger partial charge in [0.15, 0.2) is 0 Å². The SMILES string of the molecule is CC(c1ccccc1F)N(C)Cc1cc(N)cc(Br)c1. The third kappa shape index (κ3) is 3.58. The van der Waals surface area contributed by atoms with Crippen molar-refractivity contribution in [2.45, 2.75) is 19.5 Å². The standard InChI is InChI=1S/C16H18BrFN2/c1-11(15-5-3-4-6-16(15)18)20(2)10-12-7-13(17)9-14(19)8-12/h3-9,11H,10,19H2,1-2H3. The number of nitrogens with two attached hydrogens (primary N) is 1. The summed E-state index contributed by atoms with van der Waals surface area (Å²) < 4.78 is 14.8. The molecule has 2 nitrogen and oxygen atoms in total. The van der Waals surface area contributed by atoms with Crippen LogP contribution in [0.1, 0.15) is 24.1 Å².